The average Bonchev–Trinajstić information content (AvgIpc) is 3.24. The molecule has 0 aliphatic rings. The molecule has 6 nitrogen and oxygen atoms in total. The van der Waals surface area contributed by atoms with E-state index in [1.807, 2.05) is 0 Å². The minimum Gasteiger partial charge on any atom is -0.495 e. The molecule has 2 heterocycles. The van der Waals surface area contributed by atoms with Crippen molar-refractivity contribution in [3.8, 4) is 5.75 Å². The number of aromatic nitrogens is 2. The first-order valence-electron chi connectivity index (χ1n) is 9.19. The normalized spacial score (nSPS) is 11.0. The van der Waals surface area contributed by atoms with Crippen molar-refractivity contribution in [1.82, 2.24) is 9.97 Å². The summed E-state index contributed by atoms with van der Waals surface area (Å²) in [7, 11) is 1.44. The number of carbonyl (C=O) groups excluding carboxylic acids is 1. The van der Waals surface area contributed by atoms with E-state index in [9.17, 15) is 18.0 Å². The zero-order valence-electron chi connectivity index (χ0n) is 16.9. The van der Waals surface area contributed by atoms with Crippen LogP contribution < -0.4 is 15.4 Å². The molecule has 0 aliphatic carbocycles. The average molecular weight is 513 g/mol. The number of amides is 1. The minimum atomic E-state index is -1.61. The summed E-state index contributed by atoms with van der Waals surface area (Å²) in [6, 6.07) is 3.47. The Hall–Kier alpha value is -3.08. The van der Waals surface area contributed by atoms with E-state index in [0.717, 1.165) is 29.8 Å². The second-order valence-electron chi connectivity index (χ2n) is 6.75. The molecule has 0 atom stereocenters. The fourth-order valence-electron chi connectivity index (χ4n) is 3.03. The van der Waals surface area contributed by atoms with Gasteiger partial charge in [-0.05, 0) is 30.7 Å². The second kappa shape index (κ2) is 9.05. The lowest BCUT2D eigenvalue weighted by Crippen LogP contribution is -2.13. The van der Waals surface area contributed by atoms with Crippen molar-refractivity contribution in [3.63, 3.8) is 0 Å². The number of anilines is 3. The molecule has 2 aromatic heterocycles. The van der Waals surface area contributed by atoms with E-state index in [1.165, 1.54) is 12.5 Å². The van der Waals surface area contributed by atoms with Crippen molar-refractivity contribution >= 4 is 67.9 Å². The number of nitrogens with one attached hydrogen (secondary N) is 2. The Kier molecular flexibility index (Phi) is 6.33. The molecule has 2 N–H and O–H groups in total. The van der Waals surface area contributed by atoms with Crippen LogP contribution in [0.5, 0.6) is 5.75 Å². The second-order valence-corrected chi connectivity index (χ2v) is 8.39. The SMILES string of the molecule is COc1cc(C)c(Cl)c(NC(=O)c2csc3c(Nc4ccc(F)c(F)c4F)ncnc23)c1Cl. The molecule has 1 amide bonds. The van der Waals surface area contributed by atoms with Crippen LogP contribution in [-0.2, 0) is 0 Å². The highest BCUT2D eigenvalue weighted by Gasteiger charge is 2.22. The molecule has 12 heteroatoms. The summed E-state index contributed by atoms with van der Waals surface area (Å²) < 4.78 is 46.5. The van der Waals surface area contributed by atoms with Crippen LogP contribution in [-0.4, -0.2) is 23.0 Å². The van der Waals surface area contributed by atoms with Crippen molar-refractivity contribution in [2.45, 2.75) is 6.92 Å². The summed E-state index contributed by atoms with van der Waals surface area (Å²) in [6.45, 7) is 1.74. The highest BCUT2D eigenvalue weighted by molar-refractivity contribution is 7.18. The lowest BCUT2D eigenvalue weighted by Gasteiger charge is -2.14. The quantitative estimate of drug-likeness (QED) is 0.290. The zero-order chi connectivity index (χ0) is 23.9. The van der Waals surface area contributed by atoms with Gasteiger partial charge in [-0.25, -0.2) is 23.1 Å². The van der Waals surface area contributed by atoms with Crippen LogP contribution in [0.2, 0.25) is 10.0 Å². The molecule has 4 rings (SSSR count). The van der Waals surface area contributed by atoms with Crippen molar-refractivity contribution in [2.24, 2.45) is 0 Å². The van der Waals surface area contributed by atoms with Gasteiger partial charge in [0, 0.05) is 5.38 Å². The Labute approximate surface area is 199 Å². The van der Waals surface area contributed by atoms with E-state index in [2.05, 4.69) is 20.6 Å². The van der Waals surface area contributed by atoms with Crippen LogP contribution in [0.25, 0.3) is 10.2 Å². The van der Waals surface area contributed by atoms with Crippen LogP contribution in [0.3, 0.4) is 0 Å². The first kappa shape index (κ1) is 23.1. The lowest BCUT2D eigenvalue weighted by atomic mass is 10.2. The highest BCUT2D eigenvalue weighted by Crippen LogP contribution is 2.41. The van der Waals surface area contributed by atoms with Gasteiger partial charge in [0.05, 0.1) is 39.3 Å². The molecular formula is C21H13Cl2F3N4O2S. The molecule has 0 aliphatic heterocycles. The topological polar surface area (TPSA) is 76.1 Å². The number of methoxy groups -OCH3 is 1. The molecule has 0 spiro atoms. The number of aryl methyl sites for hydroxylation is 1. The van der Waals surface area contributed by atoms with Crippen LogP contribution in [0.4, 0.5) is 30.4 Å². The third-order valence-electron chi connectivity index (χ3n) is 4.69. The number of thiophene rings is 1. The largest absolute Gasteiger partial charge is 0.495 e. The molecule has 2 aromatic carbocycles. The fourth-order valence-corrected chi connectivity index (χ4v) is 4.49. The Morgan fingerprint density at radius 2 is 1.88 bits per heavy atom. The summed E-state index contributed by atoms with van der Waals surface area (Å²) >= 11 is 13.7. The molecule has 170 valence electrons. The first-order chi connectivity index (χ1) is 15.7. The summed E-state index contributed by atoms with van der Waals surface area (Å²) in [5.74, 6) is -4.42. The van der Waals surface area contributed by atoms with Crippen LogP contribution >= 0.6 is 34.5 Å². The number of rotatable bonds is 5. The number of carbonyl (C=O) groups is 1. The van der Waals surface area contributed by atoms with Gasteiger partial charge in [0.1, 0.15) is 17.1 Å². The first-order valence-corrected chi connectivity index (χ1v) is 10.8. The van der Waals surface area contributed by atoms with Crippen molar-refractivity contribution in [2.75, 3.05) is 17.7 Å². The monoisotopic (exact) mass is 512 g/mol. The molecule has 33 heavy (non-hydrogen) atoms. The van der Waals surface area contributed by atoms with Crippen LogP contribution in [0.1, 0.15) is 15.9 Å². The number of ether oxygens (including phenoxy) is 1. The van der Waals surface area contributed by atoms with Crippen LogP contribution in [0, 0.1) is 24.4 Å². The number of hydrogen-bond acceptors (Lipinski definition) is 6. The molecule has 4 aromatic rings. The fraction of sp³-hybridized carbons (Fsp3) is 0.0952. The zero-order valence-corrected chi connectivity index (χ0v) is 19.2. The summed E-state index contributed by atoms with van der Waals surface area (Å²) in [5.41, 5.74) is 0.934. The third kappa shape index (κ3) is 4.17. The van der Waals surface area contributed by atoms with E-state index in [4.69, 9.17) is 27.9 Å². The molecule has 0 saturated carbocycles. The number of nitrogens with zero attached hydrogens (tertiary/aromatic N) is 2. The number of benzene rings is 2. The van der Waals surface area contributed by atoms with Gasteiger partial charge in [0.15, 0.2) is 23.3 Å². The van der Waals surface area contributed by atoms with Gasteiger partial charge in [-0.3, -0.25) is 4.79 Å². The Morgan fingerprint density at radius 3 is 2.61 bits per heavy atom. The molecular weight excluding hydrogens is 500 g/mol. The van der Waals surface area contributed by atoms with Gasteiger partial charge in [-0.2, -0.15) is 0 Å². The molecule has 0 radical (unpaired) electrons. The number of hydrogen-bond donors (Lipinski definition) is 2. The predicted octanol–water partition coefficient (Wildman–Crippen LogP) is 6.73. The van der Waals surface area contributed by atoms with Crippen LogP contribution in [0.15, 0.2) is 29.9 Å². The van der Waals surface area contributed by atoms with Gasteiger partial charge >= 0.3 is 0 Å². The highest BCUT2D eigenvalue weighted by atomic mass is 35.5. The van der Waals surface area contributed by atoms with E-state index in [-0.39, 0.29) is 38.3 Å². The van der Waals surface area contributed by atoms with E-state index < -0.39 is 23.4 Å². The Balaban J connectivity index is 1.70. The molecule has 0 unspecified atom stereocenters. The summed E-state index contributed by atoms with van der Waals surface area (Å²) in [5, 5.41) is 7.19. The lowest BCUT2D eigenvalue weighted by molar-refractivity contribution is 0.102. The molecule has 0 fully saturated rings. The van der Waals surface area contributed by atoms with Gasteiger partial charge in [-0.15, -0.1) is 11.3 Å². The van der Waals surface area contributed by atoms with Gasteiger partial charge in [0.2, 0.25) is 0 Å². The third-order valence-corrected chi connectivity index (χ3v) is 6.53. The van der Waals surface area contributed by atoms with Crippen molar-refractivity contribution < 1.29 is 22.7 Å². The summed E-state index contributed by atoms with van der Waals surface area (Å²) in [6.07, 6.45) is 1.15. The predicted molar refractivity (Wildman–Crippen MR) is 123 cm³/mol. The van der Waals surface area contributed by atoms with E-state index >= 15 is 0 Å². The van der Waals surface area contributed by atoms with E-state index in [1.54, 1.807) is 13.0 Å². The maximum atomic E-state index is 14.1. The number of fused-ring (bicyclic) bond motifs is 1. The standard InChI is InChI=1S/C21H13Cl2F3N4O2S/c1-8-5-12(32-2)14(23)18(13(8)22)30-21(31)9-6-33-19-17(9)27-7-28-20(19)29-11-4-3-10(24)15(25)16(11)26/h3-7H,1-2H3,(H,30,31)(H,27,28,29). The van der Waals surface area contributed by atoms with Crippen molar-refractivity contribution in [3.05, 3.63) is 68.5 Å². The number of halogens is 5. The molecule has 0 bridgehead atoms. The maximum absolute atomic E-state index is 14.1. The smallest absolute Gasteiger partial charge is 0.258 e. The van der Waals surface area contributed by atoms with Gasteiger partial charge < -0.3 is 15.4 Å². The molecule has 0 saturated heterocycles. The van der Waals surface area contributed by atoms with E-state index in [0.29, 0.717) is 16.0 Å². The Bertz CT molecular complexity index is 1410. The van der Waals surface area contributed by atoms with Gasteiger partial charge in [-0.1, -0.05) is 23.2 Å². The minimum absolute atomic E-state index is 0.113. The van der Waals surface area contributed by atoms with Gasteiger partial charge in [0.25, 0.3) is 5.91 Å². The Morgan fingerprint density at radius 1 is 1.12 bits per heavy atom. The van der Waals surface area contributed by atoms with Crippen molar-refractivity contribution in [1.29, 1.82) is 0 Å². The summed E-state index contributed by atoms with van der Waals surface area (Å²) in [4.78, 5) is 21.2. The maximum Gasteiger partial charge on any atom is 0.258 e.